The van der Waals surface area contributed by atoms with Crippen molar-refractivity contribution in [3.63, 3.8) is 0 Å². The predicted octanol–water partition coefficient (Wildman–Crippen LogP) is 3.30. The van der Waals surface area contributed by atoms with E-state index >= 15 is 0 Å². The van der Waals surface area contributed by atoms with Gasteiger partial charge in [0.05, 0.1) is 12.2 Å². The molecular formula is C19H20N2O4. The number of carbonyl (C=O) groups is 2. The predicted molar refractivity (Wildman–Crippen MR) is 96.3 cm³/mol. The largest absolute Gasteiger partial charge is 0.506 e. The van der Waals surface area contributed by atoms with Crippen molar-refractivity contribution in [3.8, 4) is 16.9 Å². The number of phenolic OH excluding ortho intramolecular Hbond substituents is 1. The van der Waals surface area contributed by atoms with Crippen LogP contribution in [0.4, 0.5) is 10.5 Å². The Bertz CT molecular complexity index is 772. The summed E-state index contributed by atoms with van der Waals surface area (Å²) >= 11 is 0. The van der Waals surface area contributed by atoms with E-state index in [1.54, 1.807) is 19.1 Å². The number of nitrogens with one attached hydrogen (secondary N) is 2. The van der Waals surface area contributed by atoms with Crippen LogP contribution in [0.1, 0.15) is 6.92 Å². The average molecular weight is 340 g/mol. The van der Waals surface area contributed by atoms with Crippen LogP contribution in [0.5, 0.6) is 5.75 Å². The van der Waals surface area contributed by atoms with Gasteiger partial charge in [-0.3, -0.25) is 0 Å². The molecule has 130 valence electrons. The highest BCUT2D eigenvalue weighted by molar-refractivity contribution is 5.92. The number of hydrogen-bond acceptors (Lipinski definition) is 4. The van der Waals surface area contributed by atoms with Crippen LogP contribution in [0, 0.1) is 0 Å². The summed E-state index contributed by atoms with van der Waals surface area (Å²) in [5, 5.41) is 15.0. The Morgan fingerprint density at radius 3 is 2.52 bits per heavy atom. The van der Waals surface area contributed by atoms with Gasteiger partial charge >= 0.3 is 12.0 Å². The summed E-state index contributed by atoms with van der Waals surface area (Å²) in [4.78, 5) is 23.1. The van der Waals surface area contributed by atoms with E-state index in [2.05, 4.69) is 17.2 Å². The fraction of sp³-hybridized carbons (Fsp3) is 0.158. The van der Waals surface area contributed by atoms with Crippen LogP contribution in [-0.4, -0.2) is 30.3 Å². The van der Waals surface area contributed by atoms with Gasteiger partial charge in [-0.2, -0.15) is 0 Å². The molecule has 2 amide bonds. The number of benzene rings is 2. The minimum atomic E-state index is -0.508. The van der Waals surface area contributed by atoms with Crippen LogP contribution in [0.3, 0.4) is 0 Å². The fourth-order valence-corrected chi connectivity index (χ4v) is 2.04. The minimum Gasteiger partial charge on any atom is -0.506 e. The molecule has 0 radical (unpaired) electrons. The number of carbonyl (C=O) groups excluding carboxylic acids is 2. The van der Waals surface area contributed by atoms with Gasteiger partial charge in [-0.1, -0.05) is 43.0 Å². The van der Waals surface area contributed by atoms with Crippen molar-refractivity contribution >= 4 is 17.7 Å². The minimum absolute atomic E-state index is 0.0369. The van der Waals surface area contributed by atoms with Crippen LogP contribution in [0.25, 0.3) is 11.1 Å². The van der Waals surface area contributed by atoms with Crippen LogP contribution >= 0.6 is 0 Å². The first kappa shape index (κ1) is 18.1. The van der Waals surface area contributed by atoms with Gasteiger partial charge in [0.2, 0.25) is 0 Å². The van der Waals surface area contributed by atoms with E-state index in [9.17, 15) is 14.7 Å². The second-order valence-corrected chi connectivity index (χ2v) is 5.40. The molecule has 25 heavy (non-hydrogen) atoms. The monoisotopic (exact) mass is 340 g/mol. The molecule has 0 bridgehead atoms. The van der Waals surface area contributed by atoms with E-state index in [0.29, 0.717) is 5.57 Å². The number of urea groups is 1. The normalized spacial score (nSPS) is 9.96. The highest BCUT2D eigenvalue weighted by Gasteiger charge is 2.09. The first-order chi connectivity index (χ1) is 12.0. The second kappa shape index (κ2) is 8.54. The molecule has 3 N–H and O–H groups in total. The summed E-state index contributed by atoms with van der Waals surface area (Å²) in [7, 11) is 0. The summed E-state index contributed by atoms with van der Waals surface area (Å²) in [6.45, 7) is 5.19. The summed E-state index contributed by atoms with van der Waals surface area (Å²) in [5.74, 6) is -0.543. The molecule has 6 heteroatoms. The molecule has 2 aromatic carbocycles. The van der Waals surface area contributed by atoms with Gasteiger partial charge in [-0.05, 0) is 30.2 Å². The molecule has 2 rings (SSSR count). The third-order valence-corrected chi connectivity index (χ3v) is 3.32. The van der Waals surface area contributed by atoms with E-state index < -0.39 is 12.0 Å². The van der Waals surface area contributed by atoms with Gasteiger partial charge in [0.1, 0.15) is 12.4 Å². The number of aromatic hydroxyl groups is 1. The van der Waals surface area contributed by atoms with E-state index in [-0.39, 0.29) is 24.6 Å². The van der Waals surface area contributed by atoms with Crippen molar-refractivity contribution in [1.29, 1.82) is 0 Å². The van der Waals surface area contributed by atoms with Crippen LogP contribution in [0.15, 0.2) is 60.7 Å². The van der Waals surface area contributed by atoms with Gasteiger partial charge in [-0.25, -0.2) is 9.59 Å². The Kier molecular flexibility index (Phi) is 6.17. The molecule has 0 spiro atoms. The van der Waals surface area contributed by atoms with Crippen molar-refractivity contribution in [2.45, 2.75) is 6.92 Å². The second-order valence-electron chi connectivity index (χ2n) is 5.40. The maximum atomic E-state index is 11.9. The average Bonchev–Trinajstić information content (AvgIpc) is 2.61. The van der Waals surface area contributed by atoms with Crippen LogP contribution < -0.4 is 10.6 Å². The van der Waals surface area contributed by atoms with Gasteiger partial charge < -0.3 is 20.5 Å². The molecule has 0 aromatic heterocycles. The molecular weight excluding hydrogens is 320 g/mol. The molecule has 0 fully saturated rings. The third-order valence-electron chi connectivity index (χ3n) is 3.32. The zero-order valence-electron chi connectivity index (χ0n) is 13.9. The summed E-state index contributed by atoms with van der Waals surface area (Å²) in [5.41, 5.74) is 2.42. The number of ether oxygens (including phenoxy) is 1. The lowest BCUT2D eigenvalue weighted by Crippen LogP contribution is -2.32. The van der Waals surface area contributed by atoms with E-state index in [4.69, 9.17) is 4.74 Å². The Balaban J connectivity index is 1.92. The SMILES string of the molecule is C=C(C)C(=O)OCCNC(=O)Nc1cc(-c2ccccc2)ccc1O. The highest BCUT2D eigenvalue weighted by atomic mass is 16.5. The number of rotatable bonds is 6. The Hall–Kier alpha value is -3.28. The Morgan fingerprint density at radius 2 is 1.84 bits per heavy atom. The zero-order valence-corrected chi connectivity index (χ0v) is 13.9. The Morgan fingerprint density at radius 1 is 1.12 bits per heavy atom. The summed E-state index contributed by atoms with van der Waals surface area (Å²) in [6.07, 6.45) is 0. The van der Waals surface area contributed by atoms with E-state index in [1.807, 2.05) is 30.3 Å². The zero-order chi connectivity index (χ0) is 18.2. The number of esters is 1. The molecule has 0 saturated heterocycles. The maximum absolute atomic E-state index is 11.9. The first-order valence-electron chi connectivity index (χ1n) is 7.73. The van der Waals surface area contributed by atoms with Crippen LogP contribution in [0.2, 0.25) is 0 Å². The van der Waals surface area contributed by atoms with E-state index in [1.165, 1.54) is 6.07 Å². The van der Waals surface area contributed by atoms with Crippen molar-refractivity contribution in [2.24, 2.45) is 0 Å². The lowest BCUT2D eigenvalue weighted by Gasteiger charge is -2.11. The maximum Gasteiger partial charge on any atom is 0.333 e. The first-order valence-corrected chi connectivity index (χ1v) is 7.73. The van der Waals surface area contributed by atoms with Gasteiger partial charge in [0.25, 0.3) is 0 Å². The summed E-state index contributed by atoms with van der Waals surface area (Å²) < 4.78 is 4.87. The van der Waals surface area contributed by atoms with Crippen molar-refractivity contribution in [1.82, 2.24) is 5.32 Å². The lowest BCUT2D eigenvalue weighted by atomic mass is 10.0. The molecule has 0 saturated carbocycles. The third kappa shape index (κ3) is 5.39. The number of anilines is 1. The van der Waals surface area contributed by atoms with Crippen molar-refractivity contribution < 1.29 is 19.4 Å². The quantitative estimate of drug-likeness (QED) is 0.326. The molecule has 0 heterocycles. The standard InChI is InChI=1S/C19H20N2O4/c1-13(2)18(23)25-11-10-20-19(24)21-16-12-15(8-9-17(16)22)14-6-4-3-5-7-14/h3-9,12,22H,1,10-11H2,2H3,(H2,20,21,24). The van der Waals surface area contributed by atoms with Gasteiger partial charge in [0.15, 0.2) is 0 Å². The molecule has 0 aliphatic rings. The molecule has 6 nitrogen and oxygen atoms in total. The molecule has 0 atom stereocenters. The topological polar surface area (TPSA) is 87.7 Å². The lowest BCUT2D eigenvalue weighted by molar-refractivity contribution is -0.138. The van der Waals surface area contributed by atoms with Gasteiger partial charge in [-0.15, -0.1) is 0 Å². The smallest absolute Gasteiger partial charge is 0.333 e. The molecule has 2 aromatic rings. The van der Waals surface area contributed by atoms with Crippen molar-refractivity contribution in [3.05, 3.63) is 60.7 Å². The van der Waals surface area contributed by atoms with Crippen LogP contribution in [-0.2, 0) is 9.53 Å². The van der Waals surface area contributed by atoms with Crippen molar-refractivity contribution in [2.75, 3.05) is 18.5 Å². The highest BCUT2D eigenvalue weighted by Crippen LogP contribution is 2.29. The number of amides is 2. The van der Waals surface area contributed by atoms with E-state index in [0.717, 1.165) is 11.1 Å². The Labute approximate surface area is 146 Å². The molecule has 0 aliphatic carbocycles. The summed E-state index contributed by atoms with van der Waals surface area (Å²) in [6, 6.07) is 14.1. The molecule has 0 unspecified atom stereocenters. The number of hydrogen-bond donors (Lipinski definition) is 3. The molecule has 0 aliphatic heterocycles. The fourth-order valence-electron chi connectivity index (χ4n) is 2.04. The van der Waals surface area contributed by atoms with Gasteiger partial charge in [0, 0.05) is 5.57 Å². The number of phenols is 1.